The normalized spacial score (nSPS) is 15.8. The van der Waals surface area contributed by atoms with E-state index in [2.05, 4.69) is 4.98 Å². The summed E-state index contributed by atoms with van der Waals surface area (Å²) in [6.07, 6.45) is 3.90. The second-order valence-corrected chi connectivity index (χ2v) is 6.70. The van der Waals surface area contributed by atoms with Gasteiger partial charge in [-0.25, -0.2) is 4.79 Å². The molecule has 0 amide bonds. The topological polar surface area (TPSA) is 85.5 Å². The van der Waals surface area contributed by atoms with Gasteiger partial charge in [-0.3, -0.25) is 9.59 Å². The Morgan fingerprint density at radius 2 is 1.84 bits per heavy atom. The second-order valence-electron chi connectivity index (χ2n) is 6.70. The number of carbonyl (C=O) groups is 3. The Labute approximate surface area is 148 Å². The summed E-state index contributed by atoms with van der Waals surface area (Å²) in [5.41, 5.74) is 1.76. The minimum Gasteiger partial charge on any atom is -0.462 e. The molecule has 1 fully saturated rings. The zero-order valence-corrected chi connectivity index (χ0v) is 15.4. The molecule has 0 radical (unpaired) electrons. The first-order chi connectivity index (χ1) is 11.8. The molecule has 6 heteroatoms. The van der Waals surface area contributed by atoms with Gasteiger partial charge in [0.1, 0.15) is 0 Å². The van der Waals surface area contributed by atoms with Crippen molar-refractivity contribution in [3.63, 3.8) is 0 Å². The molecular weight excluding hydrogens is 322 g/mol. The van der Waals surface area contributed by atoms with Crippen LogP contribution < -0.4 is 0 Å². The summed E-state index contributed by atoms with van der Waals surface area (Å²) in [6, 6.07) is 0. The molecule has 6 nitrogen and oxygen atoms in total. The monoisotopic (exact) mass is 349 g/mol. The van der Waals surface area contributed by atoms with Crippen LogP contribution in [0.25, 0.3) is 0 Å². The third-order valence-electron chi connectivity index (χ3n) is 4.77. The van der Waals surface area contributed by atoms with Crippen LogP contribution in [0.15, 0.2) is 0 Å². The number of ether oxygens (including phenoxy) is 2. The number of hydrogen-bond acceptors (Lipinski definition) is 5. The Morgan fingerprint density at radius 3 is 2.44 bits per heavy atom. The fourth-order valence-electron chi connectivity index (χ4n) is 3.46. The fraction of sp³-hybridized carbons (Fsp3) is 0.632. The van der Waals surface area contributed by atoms with Crippen LogP contribution in [0.5, 0.6) is 0 Å². The maximum absolute atomic E-state index is 12.6. The summed E-state index contributed by atoms with van der Waals surface area (Å²) >= 11 is 0. The minimum atomic E-state index is -0.888. The van der Waals surface area contributed by atoms with Crippen LogP contribution >= 0.6 is 0 Å². The third-order valence-corrected chi connectivity index (χ3v) is 4.77. The van der Waals surface area contributed by atoms with Crippen molar-refractivity contribution in [2.24, 2.45) is 5.92 Å². The maximum Gasteiger partial charge on any atom is 0.340 e. The van der Waals surface area contributed by atoms with Crippen LogP contribution in [0, 0.1) is 19.8 Å². The van der Waals surface area contributed by atoms with Crippen molar-refractivity contribution in [2.75, 3.05) is 6.61 Å². The summed E-state index contributed by atoms with van der Waals surface area (Å²) in [4.78, 5) is 39.6. The highest BCUT2D eigenvalue weighted by atomic mass is 16.5. The lowest BCUT2D eigenvalue weighted by molar-refractivity contribution is -0.147. The van der Waals surface area contributed by atoms with E-state index in [1.54, 1.807) is 27.7 Å². The molecular formula is C19H27NO5. The number of carbonyl (C=O) groups excluding carboxylic acids is 3. The molecule has 1 aliphatic rings. The van der Waals surface area contributed by atoms with Crippen molar-refractivity contribution in [1.29, 1.82) is 0 Å². The number of Topliss-reactive ketones (excluding diaryl/α,β-unsaturated/α-hetero) is 1. The van der Waals surface area contributed by atoms with E-state index >= 15 is 0 Å². The van der Waals surface area contributed by atoms with E-state index in [1.807, 2.05) is 0 Å². The largest absolute Gasteiger partial charge is 0.462 e. The molecule has 1 N–H and O–H groups in total. The van der Waals surface area contributed by atoms with Crippen molar-refractivity contribution >= 4 is 17.7 Å². The lowest BCUT2D eigenvalue weighted by Gasteiger charge is -2.14. The van der Waals surface area contributed by atoms with Gasteiger partial charge in [-0.2, -0.15) is 0 Å². The summed E-state index contributed by atoms with van der Waals surface area (Å²) in [6.45, 7) is 6.96. The number of esters is 2. The molecule has 2 rings (SSSR count). The van der Waals surface area contributed by atoms with Gasteiger partial charge in [0.15, 0.2) is 6.10 Å². The standard InChI is InChI=1S/C19H27NO5/c1-5-24-19(23)16-11(2)17(20-12(16)3)18(22)13(4)25-15(21)10-14-8-6-7-9-14/h13-14,20H,5-10H2,1-4H3/t13-/m0/s1. The van der Waals surface area contributed by atoms with E-state index in [1.165, 1.54) is 0 Å². The molecule has 0 aromatic carbocycles. The highest BCUT2D eigenvalue weighted by Crippen LogP contribution is 2.28. The van der Waals surface area contributed by atoms with Crippen molar-refractivity contribution < 1.29 is 23.9 Å². The van der Waals surface area contributed by atoms with E-state index < -0.39 is 12.1 Å². The smallest absolute Gasteiger partial charge is 0.340 e. The van der Waals surface area contributed by atoms with Crippen molar-refractivity contribution in [3.8, 4) is 0 Å². The molecule has 1 aliphatic carbocycles. The molecule has 0 saturated heterocycles. The first-order valence-electron chi connectivity index (χ1n) is 8.95. The Bertz CT molecular complexity index is 655. The van der Waals surface area contributed by atoms with Crippen LogP contribution in [-0.2, 0) is 14.3 Å². The number of nitrogens with one attached hydrogen (secondary N) is 1. The van der Waals surface area contributed by atoms with E-state index in [9.17, 15) is 14.4 Å². The Hall–Kier alpha value is -2.11. The van der Waals surface area contributed by atoms with Gasteiger partial charge in [0, 0.05) is 12.1 Å². The average molecular weight is 349 g/mol. The van der Waals surface area contributed by atoms with Crippen LogP contribution in [0.1, 0.15) is 78.1 Å². The van der Waals surface area contributed by atoms with Gasteiger partial charge in [0.2, 0.25) is 5.78 Å². The molecule has 1 aromatic rings. The number of aryl methyl sites for hydroxylation is 1. The van der Waals surface area contributed by atoms with Gasteiger partial charge in [-0.05, 0) is 52.0 Å². The predicted octanol–water partition coefficient (Wildman–Crippen LogP) is 3.50. The van der Waals surface area contributed by atoms with Crippen molar-refractivity contribution in [1.82, 2.24) is 4.98 Å². The highest BCUT2D eigenvalue weighted by molar-refractivity contribution is 6.03. The molecule has 0 spiro atoms. The number of H-pyrrole nitrogens is 1. The second kappa shape index (κ2) is 8.32. The van der Waals surface area contributed by atoms with Crippen LogP contribution in [0.3, 0.4) is 0 Å². The van der Waals surface area contributed by atoms with Crippen molar-refractivity contribution in [3.05, 3.63) is 22.5 Å². The first-order valence-corrected chi connectivity index (χ1v) is 8.95. The summed E-state index contributed by atoms with van der Waals surface area (Å²) in [5, 5.41) is 0. The lowest BCUT2D eigenvalue weighted by atomic mass is 10.0. The third kappa shape index (κ3) is 4.50. The van der Waals surface area contributed by atoms with Gasteiger partial charge < -0.3 is 14.5 Å². The number of aromatic nitrogens is 1. The van der Waals surface area contributed by atoms with E-state index in [0.29, 0.717) is 34.9 Å². The lowest BCUT2D eigenvalue weighted by Crippen LogP contribution is -2.26. The molecule has 1 saturated carbocycles. The number of aromatic amines is 1. The molecule has 1 heterocycles. The van der Waals surface area contributed by atoms with Crippen LogP contribution in [0.2, 0.25) is 0 Å². The number of hydrogen-bond donors (Lipinski definition) is 1. The van der Waals surface area contributed by atoms with Crippen molar-refractivity contribution in [2.45, 2.75) is 65.9 Å². The van der Waals surface area contributed by atoms with E-state index in [4.69, 9.17) is 9.47 Å². The summed E-state index contributed by atoms with van der Waals surface area (Å²) in [7, 11) is 0. The number of rotatable bonds is 7. The zero-order valence-electron chi connectivity index (χ0n) is 15.4. The van der Waals surface area contributed by atoms with Crippen LogP contribution in [-0.4, -0.2) is 35.4 Å². The van der Waals surface area contributed by atoms with E-state index in [-0.39, 0.29) is 18.4 Å². The van der Waals surface area contributed by atoms with Gasteiger partial charge in [0.05, 0.1) is 17.9 Å². The molecule has 0 unspecified atom stereocenters. The number of ketones is 1. The summed E-state index contributed by atoms with van der Waals surface area (Å²) in [5.74, 6) is -0.756. The minimum absolute atomic E-state index is 0.265. The molecule has 1 atom stereocenters. The summed E-state index contributed by atoms with van der Waals surface area (Å²) < 4.78 is 10.3. The quantitative estimate of drug-likeness (QED) is 0.601. The molecule has 1 aromatic heterocycles. The van der Waals surface area contributed by atoms with Gasteiger partial charge in [-0.1, -0.05) is 12.8 Å². The maximum atomic E-state index is 12.6. The van der Waals surface area contributed by atoms with Gasteiger partial charge in [0.25, 0.3) is 0 Å². The molecule has 0 bridgehead atoms. The van der Waals surface area contributed by atoms with Crippen LogP contribution in [0.4, 0.5) is 0 Å². The Morgan fingerprint density at radius 1 is 1.20 bits per heavy atom. The fourth-order valence-corrected chi connectivity index (χ4v) is 3.46. The molecule has 138 valence electrons. The SMILES string of the molecule is CCOC(=O)c1c(C)[nH]c(C(=O)[C@H](C)OC(=O)CC2CCCC2)c1C. The van der Waals surface area contributed by atoms with Gasteiger partial charge >= 0.3 is 11.9 Å². The first kappa shape index (κ1) is 19.2. The molecule has 0 aliphatic heterocycles. The van der Waals surface area contributed by atoms with Gasteiger partial charge in [-0.15, -0.1) is 0 Å². The van der Waals surface area contributed by atoms with E-state index in [0.717, 1.165) is 25.7 Å². The molecule has 25 heavy (non-hydrogen) atoms. The Kier molecular flexibility index (Phi) is 6.39. The predicted molar refractivity (Wildman–Crippen MR) is 92.7 cm³/mol. The average Bonchev–Trinajstić information content (AvgIpc) is 3.14. The Balaban J connectivity index is 2.05. The zero-order chi connectivity index (χ0) is 18.6. The highest BCUT2D eigenvalue weighted by Gasteiger charge is 2.28.